The van der Waals surface area contributed by atoms with Gasteiger partial charge in [0.15, 0.2) is 5.11 Å². The second kappa shape index (κ2) is 10.1. The Labute approximate surface area is 209 Å². The largest absolute Gasteiger partial charge is 0.497 e. The summed E-state index contributed by atoms with van der Waals surface area (Å²) in [6.45, 7) is 3.92. The van der Waals surface area contributed by atoms with Crippen molar-refractivity contribution >= 4 is 40.6 Å². The van der Waals surface area contributed by atoms with Gasteiger partial charge in [-0.2, -0.15) is 0 Å². The fourth-order valence-corrected chi connectivity index (χ4v) is 4.48. The molecule has 0 radical (unpaired) electrons. The van der Waals surface area contributed by atoms with Gasteiger partial charge in [-0.05, 0) is 83.4 Å². The number of anilines is 2. The van der Waals surface area contributed by atoms with Gasteiger partial charge in [-0.1, -0.05) is 32.0 Å². The van der Waals surface area contributed by atoms with Crippen molar-refractivity contribution in [3.8, 4) is 16.9 Å². The molecule has 8 heteroatoms. The summed E-state index contributed by atoms with van der Waals surface area (Å²) in [6, 6.07) is 20.1. The molecule has 0 bridgehead atoms. The number of carbonyl (C=O) groups is 2. The number of carboxylic acid groups (broad SMARTS) is 1. The van der Waals surface area contributed by atoms with Crippen molar-refractivity contribution in [1.82, 2.24) is 4.90 Å². The van der Waals surface area contributed by atoms with Gasteiger partial charge in [0.2, 0.25) is 0 Å². The second-order valence-electron chi connectivity index (χ2n) is 8.72. The van der Waals surface area contributed by atoms with Crippen molar-refractivity contribution in [3.63, 3.8) is 0 Å². The van der Waals surface area contributed by atoms with Crippen LogP contribution in [0.1, 0.15) is 29.8 Å². The van der Waals surface area contributed by atoms with E-state index < -0.39 is 12.0 Å². The Kier molecular flexibility index (Phi) is 7.02. The molecule has 35 heavy (non-hydrogen) atoms. The molecular formula is C27H27N3O4S. The summed E-state index contributed by atoms with van der Waals surface area (Å²) in [6.07, 6.45) is 0. The van der Waals surface area contributed by atoms with E-state index in [1.54, 1.807) is 13.2 Å². The van der Waals surface area contributed by atoms with Crippen LogP contribution in [0, 0.1) is 5.92 Å². The lowest BCUT2D eigenvalue weighted by atomic mass is 10.0. The molecule has 180 valence electrons. The highest BCUT2D eigenvalue weighted by atomic mass is 32.1. The van der Waals surface area contributed by atoms with Crippen LogP contribution in [-0.2, 0) is 11.3 Å². The highest BCUT2D eigenvalue weighted by Gasteiger charge is 2.38. The Balaban J connectivity index is 1.44. The van der Waals surface area contributed by atoms with E-state index in [9.17, 15) is 14.7 Å². The molecule has 0 aliphatic carbocycles. The first-order chi connectivity index (χ1) is 16.8. The number of nitrogens with zero attached hydrogens (tertiary/aromatic N) is 1. The van der Waals surface area contributed by atoms with Crippen LogP contribution in [0.15, 0.2) is 66.7 Å². The standard InChI is InChI=1S/C27H27N3O4S/c1-16(2)24(26(32)33)30-15-19-14-18(6-13-23(19)25(30)31)17-4-7-20(8-5-17)28-27(35)29-21-9-11-22(34-3)12-10-21/h4-14,16,24H,15H2,1-3H3,(H,32,33)(H2,28,29,35)/t24-/m0/s1. The molecule has 1 amide bonds. The SMILES string of the molecule is COc1ccc(NC(=S)Nc2ccc(-c3ccc4c(c3)CN([C@H](C(=O)O)C(C)C)C4=O)cc2)cc1. The third kappa shape index (κ3) is 5.27. The van der Waals surface area contributed by atoms with Crippen LogP contribution >= 0.6 is 12.2 Å². The Morgan fingerprint density at radius 1 is 0.971 bits per heavy atom. The number of aliphatic carboxylic acids is 1. The number of thiocarbonyl (C=S) groups is 1. The topological polar surface area (TPSA) is 90.9 Å². The lowest BCUT2D eigenvalue weighted by Gasteiger charge is -2.27. The minimum Gasteiger partial charge on any atom is -0.497 e. The summed E-state index contributed by atoms with van der Waals surface area (Å²) in [4.78, 5) is 26.0. The molecule has 0 saturated heterocycles. The zero-order valence-electron chi connectivity index (χ0n) is 19.7. The quantitative estimate of drug-likeness (QED) is 0.391. The fraction of sp³-hybridized carbons (Fsp3) is 0.222. The molecule has 0 spiro atoms. The Morgan fingerprint density at radius 2 is 1.54 bits per heavy atom. The van der Waals surface area contributed by atoms with E-state index in [0.717, 1.165) is 33.8 Å². The number of carbonyl (C=O) groups excluding carboxylic acids is 1. The van der Waals surface area contributed by atoms with Crippen LogP contribution in [0.4, 0.5) is 11.4 Å². The van der Waals surface area contributed by atoms with E-state index in [0.29, 0.717) is 17.2 Å². The molecule has 1 heterocycles. The number of carboxylic acids is 1. The molecule has 0 fully saturated rings. The summed E-state index contributed by atoms with van der Waals surface area (Å²) in [5.74, 6) is -0.625. The van der Waals surface area contributed by atoms with E-state index in [1.165, 1.54) is 4.90 Å². The zero-order chi connectivity index (χ0) is 25.1. The molecule has 4 rings (SSSR count). The van der Waals surface area contributed by atoms with E-state index >= 15 is 0 Å². The van der Waals surface area contributed by atoms with Crippen LogP contribution in [0.25, 0.3) is 11.1 Å². The lowest BCUT2D eigenvalue weighted by molar-refractivity contribution is -0.144. The first kappa shape index (κ1) is 24.2. The number of hydrogen-bond donors (Lipinski definition) is 3. The molecule has 1 aliphatic rings. The van der Waals surface area contributed by atoms with Crippen molar-refractivity contribution in [2.75, 3.05) is 17.7 Å². The first-order valence-electron chi connectivity index (χ1n) is 11.3. The number of fused-ring (bicyclic) bond motifs is 1. The van der Waals surface area contributed by atoms with Gasteiger partial charge in [-0.15, -0.1) is 0 Å². The second-order valence-corrected chi connectivity index (χ2v) is 9.13. The predicted octanol–water partition coefficient (Wildman–Crippen LogP) is 5.24. The highest BCUT2D eigenvalue weighted by Crippen LogP contribution is 2.31. The summed E-state index contributed by atoms with van der Waals surface area (Å²) in [5, 5.41) is 16.4. The average molecular weight is 490 g/mol. The summed E-state index contributed by atoms with van der Waals surface area (Å²) >= 11 is 5.41. The highest BCUT2D eigenvalue weighted by molar-refractivity contribution is 7.80. The maximum absolute atomic E-state index is 12.8. The molecule has 7 nitrogen and oxygen atoms in total. The molecule has 0 unspecified atom stereocenters. The zero-order valence-corrected chi connectivity index (χ0v) is 20.6. The minimum atomic E-state index is -0.983. The van der Waals surface area contributed by atoms with Crippen molar-refractivity contribution in [3.05, 3.63) is 77.9 Å². The van der Waals surface area contributed by atoms with Gasteiger partial charge in [0, 0.05) is 23.5 Å². The van der Waals surface area contributed by atoms with Crippen molar-refractivity contribution in [2.45, 2.75) is 26.4 Å². The van der Waals surface area contributed by atoms with Gasteiger partial charge in [0.1, 0.15) is 11.8 Å². The molecule has 0 aromatic heterocycles. The maximum atomic E-state index is 12.8. The molecular weight excluding hydrogens is 462 g/mol. The first-order valence-corrected chi connectivity index (χ1v) is 11.7. The summed E-state index contributed by atoms with van der Waals surface area (Å²) < 4.78 is 5.16. The Morgan fingerprint density at radius 3 is 2.09 bits per heavy atom. The number of ether oxygens (including phenoxy) is 1. The summed E-state index contributed by atoms with van der Waals surface area (Å²) in [7, 11) is 1.62. The minimum absolute atomic E-state index is 0.185. The normalized spacial score (nSPS) is 13.4. The lowest BCUT2D eigenvalue weighted by Crippen LogP contribution is -2.44. The van der Waals surface area contributed by atoms with Crippen LogP contribution in [0.3, 0.4) is 0 Å². The van der Waals surface area contributed by atoms with Gasteiger partial charge >= 0.3 is 5.97 Å². The van der Waals surface area contributed by atoms with Gasteiger partial charge < -0.3 is 25.4 Å². The summed E-state index contributed by atoms with van der Waals surface area (Å²) in [5.41, 5.74) is 5.03. The molecule has 1 atom stereocenters. The average Bonchev–Trinajstić information content (AvgIpc) is 3.14. The van der Waals surface area contributed by atoms with E-state index in [2.05, 4.69) is 10.6 Å². The van der Waals surface area contributed by atoms with Crippen molar-refractivity contribution in [1.29, 1.82) is 0 Å². The monoisotopic (exact) mass is 489 g/mol. The van der Waals surface area contributed by atoms with Gasteiger partial charge in [-0.3, -0.25) is 4.79 Å². The van der Waals surface area contributed by atoms with E-state index in [4.69, 9.17) is 17.0 Å². The number of methoxy groups -OCH3 is 1. The number of amides is 1. The number of nitrogens with one attached hydrogen (secondary N) is 2. The van der Waals surface area contributed by atoms with Gasteiger partial charge in [-0.25, -0.2) is 4.79 Å². The number of benzene rings is 3. The van der Waals surface area contributed by atoms with Crippen molar-refractivity contribution in [2.24, 2.45) is 5.92 Å². The number of hydrogen-bond acceptors (Lipinski definition) is 4. The third-order valence-corrected chi connectivity index (χ3v) is 6.19. The molecule has 3 aromatic carbocycles. The number of rotatable bonds is 7. The van der Waals surface area contributed by atoms with E-state index in [1.807, 2.05) is 74.5 Å². The molecule has 3 N–H and O–H groups in total. The van der Waals surface area contributed by atoms with Gasteiger partial charge in [0.25, 0.3) is 5.91 Å². The molecule has 0 saturated carbocycles. The van der Waals surface area contributed by atoms with Crippen LogP contribution in [-0.4, -0.2) is 40.1 Å². The van der Waals surface area contributed by atoms with Crippen LogP contribution in [0.5, 0.6) is 5.75 Å². The Bertz CT molecular complexity index is 1260. The van der Waals surface area contributed by atoms with Crippen molar-refractivity contribution < 1.29 is 19.4 Å². The smallest absolute Gasteiger partial charge is 0.326 e. The van der Waals surface area contributed by atoms with Gasteiger partial charge in [0.05, 0.1) is 7.11 Å². The molecule has 3 aromatic rings. The van der Waals surface area contributed by atoms with Crippen LogP contribution < -0.4 is 15.4 Å². The van der Waals surface area contributed by atoms with Crippen LogP contribution in [0.2, 0.25) is 0 Å². The molecule has 1 aliphatic heterocycles. The maximum Gasteiger partial charge on any atom is 0.326 e. The Hall–Kier alpha value is -3.91. The van der Waals surface area contributed by atoms with E-state index in [-0.39, 0.29) is 11.8 Å². The predicted molar refractivity (Wildman–Crippen MR) is 141 cm³/mol. The third-order valence-electron chi connectivity index (χ3n) is 5.98. The fourth-order valence-electron chi connectivity index (χ4n) is 4.24.